The minimum Gasteiger partial charge on any atom is -0.478 e. The van der Waals surface area contributed by atoms with Crippen molar-refractivity contribution in [3.63, 3.8) is 0 Å². The lowest BCUT2D eigenvalue weighted by Gasteiger charge is -2.02. The number of benzene rings is 1. The number of carbonyl (C=O) groups is 1. The molecule has 0 bridgehead atoms. The number of hydrogen-bond acceptors (Lipinski definition) is 3. The normalized spacial score (nSPS) is 10.2. The summed E-state index contributed by atoms with van der Waals surface area (Å²) in [6.07, 6.45) is 3.59. The van der Waals surface area contributed by atoms with E-state index < -0.39 is 5.97 Å². The molecule has 0 saturated heterocycles. The fourth-order valence-electron chi connectivity index (χ4n) is 1.24. The van der Waals surface area contributed by atoms with Gasteiger partial charge in [-0.15, -0.1) is 11.8 Å². The quantitative estimate of drug-likeness (QED) is 0.825. The number of carboxylic acid groups (broad SMARTS) is 1. The van der Waals surface area contributed by atoms with Crippen LogP contribution in [0.3, 0.4) is 0 Å². The SMILES string of the molecule is O=C(O)c1cccc(SCn2cccn2)c1. The van der Waals surface area contributed by atoms with Gasteiger partial charge in [0, 0.05) is 17.3 Å². The van der Waals surface area contributed by atoms with Crippen molar-refractivity contribution in [1.82, 2.24) is 9.78 Å². The van der Waals surface area contributed by atoms with Crippen LogP contribution in [0.5, 0.6) is 0 Å². The summed E-state index contributed by atoms with van der Waals surface area (Å²) in [5.74, 6) is -0.225. The van der Waals surface area contributed by atoms with E-state index in [-0.39, 0.29) is 0 Å². The van der Waals surface area contributed by atoms with Crippen molar-refractivity contribution in [2.45, 2.75) is 10.8 Å². The van der Waals surface area contributed by atoms with Gasteiger partial charge in [-0.1, -0.05) is 6.07 Å². The van der Waals surface area contributed by atoms with Gasteiger partial charge in [-0.05, 0) is 24.3 Å². The van der Waals surface area contributed by atoms with Crippen molar-refractivity contribution >= 4 is 17.7 Å². The number of hydrogen-bond donors (Lipinski definition) is 1. The zero-order valence-electron chi connectivity index (χ0n) is 8.41. The van der Waals surface area contributed by atoms with E-state index in [2.05, 4.69) is 5.10 Å². The second-order valence-corrected chi connectivity index (χ2v) is 4.17. The van der Waals surface area contributed by atoms with Crippen LogP contribution < -0.4 is 0 Å². The molecule has 0 unspecified atom stereocenters. The highest BCUT2D eigenvalue weighted by atomic mass is 32.2. The number of rotatable bonds is 4. The number of aromatic nitrogens is 2. The number of thioether (sulfide) groups is 1. The average Bonchev–Trinajstić information content (AvgIpc) is 2.79. The average molecular weight is 234 g/mol. The van der Waals surface area contributed by atoms with E-state index >= 15 is 0 Å². The highest BCUT2D eigenvalue weighted by Crippen LogP contribution is 2.20. The van der Waals surface area contributed by atoms with Gasteiger partial charge in [0.15, 0.2) is 0 Å². The van der Waals surface area contributed by atoms with E-state index in [0.29, 0.717) is 11.4 Å². The van der Waals surface area contributed by atoms with Crippen LogP contribution in [0, 0.1) is 0 Å². The molecule has 0 aliphatic carbocycles. The van der Waals surface area contributed by atoms with Crippen molar-refractivity contribution in [3.05, 3.63) is 48.3 Å². The standard InChI is InChI=1S/C11H10N2O2S/c14-11(15)9-3-1-4-10(7-9)16-8-13-6-2-5-12-13/h1-7H,8H2,(H,14,15). The van der Waals surface area contributed by atoms with E-state index in [9.17, 15) is 4.79 Å². The lowest BCUT2D eigenvalue weighted by Crippen LogP contribution is -1.97. The molecule has 2 rings (SSSR count). The molecule has 0 atom stereocenters. The van der Waals surface area contributed by atoms with Gasteiger partial charge >= 0.3 is 5.97 Å². The Morgan fingerprint density at radius 2 is 2.31 bits per heavy atom. The summed E-state index contributed by atoms with van der Waals surface area (Å²) in [5.41, 5.74) is 0.311. The maximum Gasteiger partial charge on any atom is 0.335 e. The van der Waals surface area contributed by atoms with Gasteiger partial charge in [-0.3, -0.25) is 4.68 Å². The molecule has 1 heterocycles. The molecule has 0 fully saturated rings. The van der Waals surface area contributed by atoms with Crippen LogP contribution in [0.2, 0.25) is 0 Å². The number of nitrogens with zero attached hydrogens (tertiary/aromatic N) is 2. The minimum absolute atomic E-state index is 0.311. The third kappa shape index (κ3) is 2.64. The van der Waals surface area contributed by atoms with Crippen LogP contribution in [-0.4, -0.2) is 20.9 Å². The van der Waals surface area contributed by atoms with Gasteiger partial charge in [0.25, 0.3) is 0 Å². The van der Waals surface area contributed by atoms with Crippen molar-refractivity contribution in [3.8, 4) is 0 Å². The first kappa shape index (κ1) is 10.8. The molecule has 5 heteroatoms. The van der Waals surface area contributed by atoms with Crippen molar-refractivity contribution in [1.29, 1.82) is 0 Å². The smallest absolute Gasteiger partial charge is 0.335 e. The van der Waals surface area contributed by atoms with Gasteiger partial charge in [-0.25, -0.2) is 4.79 Å². The summed E-state index contributed by atoms with van der Waals surface area (Å²) in [7, 11) is 0. The Balaban J connectivity index is 2.04. The van der Waals surface area contributed by atoms with Gasteiger partial charge in [0.05, 0.1) is 11.4 Å². The second kappa shape index (κ2) is 4.85. The van der Waals surface area contributed by atoms with Gasteiger partial charge in [0.1, 0.15) is 0 Å². The van der Waals surface area contributed by atoms with Crippen molar-refractivity contribution in [2.75, 3.05) is 0 Å². The number of aromatic carboxylic acids is 1. The lowest BCUT2D eigenvalue weighted by molar-refractivity contribution is 0.0696. The zero-order chi connectivity index (χ0) is 11.4. The summed E-state index contributed by atoms with van der Waals surface area (Å²) in [5, 5.41) is 12.9. The summed E-state index contributed by atoms with van der Waals surface area (Å²) in [6, 6.07) is 8.74. The molecule has 0 aliphatic rings. The largest absolute Gasteiger partial charge is 0.478 e. The molecular weight excluding hydrogens is 224 g/mol. The monoisotopic (exact) mass is 234 g/mol. The Morgan fingerprint density at radius 1 is 1.44 bits per heavy atom. The Labute approximate surface area is 96.9 Å². The van der Waals surface area contributed by atoms with Gasteiger partial charge in [0.2, 0.25) is 0 Å². The van der Waals surface area contributed by atoms with Crippen LogP contribution in [0.1, 0.15) is 10.4 Å². The second-order valence-electron chi connectivity index (χ2n) is 3.15. The molecule has 82 valence electrons. The molecule has 0 aliphatic heterocycles. The molecular formula is C11H10N2O2S. The van der Waals surface area contributed by atoms with Crippen LogP contribution in [0.25, 0.3) is 0 Å². The van der Waals surface area contributed by atoms with Crippen molar-refractivity contribution < 1.29 is 9.90 Å². The Bertz CT molecular complexity index is 482. The molecule has 0 radical (unpaired) electrons. The summed E-state index contributed by atoms with van der Waals surface area (Å²) in [4.78, 5) is 11.7. The molecule has 1 aromatic heterocycles. The van der Waals surface area contributed by atoms with Crippen LogP contribution in [0.15, 0.2) is 47.6 Å². The van der Waals surface area contributed by atoms with Gasteiger partial charge < -0.3 is 5.11 Å². The molecule has 2 aromatic rings. The maximum absolute atomic E-state index is 10.8. The molecule has 0 amide bonds. The molecule has 1 aromatic carbocycles. The van der Waals surface area contributed by atoms with Gasteiger partial charge in [-0.2, -0.15) is 5.10 Å². The summed E-state index contributed by atoms with van der Waals surface area (Å²) in [6.45, 7) is 0. The Hall–Kier alpha value is -1.75. The first-order chi connectivity index (χ1) is 7.75. The fraction of sp³-hybridized carbons (Fsp3) is 0.0909. The summed E-state index contributed by atoms with van der Waals surface area (Å²) < 4.78 is 1.79. The maximum atomic E-state index is 10.8. The first-order valence-electron chi connectivity index (χ1n) is 4.69. The van der Waals surface area contributed by atoms with Crippen LogP contribution >= 0.6 is 11.8 Å². The third-order valence-electron chi connectivity index (χ3n) is 2.00. The predicted octanol–water partition coefficient (Wildman–Crippen LogP) is 2.33. The van der Waals surface area contributed by atoms with E-state index in [1.54, 1.807) is 40.8 Å². The van der Waals surface area contributed by atoms with E-state index in [4.69, 9.17) is 5.11 Å². The predicted molar refractivity (Wildman–Crippen MR) is 61.5 cm³/mol. The Morgan fingerprint density at radius 3 is 3.00 bits per heavy atom. The number of carboxylic acids is 1. The highest BCUT2D eigenvalue weighted by Gasteiger charge is 2.03. The fourth-order valence-corrected chi connectivity index (χ4v) is 2.06. The van der Waals surface area contributed by atoms with E-state index in [1.165, 1.54) is 0 Å². The van der Waals surface area contributed by atoms with Crippen LogP contribution in [-0.2, 0) is 5.88 Å². The Kier molecular flexibility index (Phi) is 3.26. The topological polar surface area (TPSA) is 55.1 Å². The molecule has 0 saturated carbocycles. The van der Waals surface area contributed by atoms with E-state index in [0.717, 1.165) is 4.90 Å². The summed E-state index contributed by atoms with van der Waals surface area (Å²) >= 11 is 1.55. The van der Waals surface area contributed by atoms with Crippen molar-refractivity contribution in [2.24, 2.45) is 0 Å². The zero-order valence-corrected chi connectivity index (χ0v) is 9.22. The molecule has 1 N–H and O–H groups in total. The minimum atomic E-state index is -0.901. The van der Waals surface area contributed by atoms with E-state index in [1.807, 2.05) is 18.3 Å². The lowest BCUT2D eigenvalue weighted by atomic mass is 10.2. The third-order valence-corrected chi connectivity index (χ3v) is 2.98. The van der Waals surface area contributed by atoms with Crippen LogP contribution in [0.4, 0.5) is 0 Å². The molecule has 0 spiro atoms. The molecule has 16 heavy (non-hydrogen) atoms. The molecule has 4 nitrogen and oxygen atoms in total. The highest BCUT2D eigenvalue weighted by molar-refractivity contribution is 7.98. The first-order valence-corrected chi connectivity index (χ1v) is 5.68.